The molecule has 146 valence electrons. The number of likely N-dealkylation sites (tertiary alicyclic amines) is 1. The summed E-state index contributed by atoms with van der Waals surface area (Å²) in [7, 11) is 3.19. The van der Waals surface area contributed by atoms with Gasteiger partial charge in [-0.25, -0.2) is 9.97 Å². The van der Waals surface area contributed by atoms with Crippen molar-refractivity contribution in [1.82, 2.24) is 14.9 Å². The van der Waals surface area contributed by atoms with Crippen LogP contribution < -0.4 is 14.8 Å². The largest absolute Gasteiger partial charge is 0.493 e. The maximum Gasteiger partial charge on any atom is 0.433 e. The third-order valence-electron chi connectivity index (χ3n) is 4.43. The fourth-order valence-corrected chi connectivity index (χ4v) is 3.18. The van der Waals surface area contributed by atoms with E-state index in [4.69, 9.17) is 9.47 Å². The fraction of sp³-hybridized carbons (Fsp3) is 0.444. The highest BCUT2D eigenvalue weighted by Gasteiger charge is 2.33. The number of hydrogen-bond acceptors (Lipinski definition) is 6. The number of hydrogen-bond donors (Lipinski definition) is 1. The second-order valence-electron chi connectivity index (χ2n) is 6.28. The number of para-hydroxylation sites is 1. The summed E-state index contributed by atoms with van der Waals surface area (Å²) in [5.41, 5.74) is 0.0452. The summed E-state index contributed by atoms with van der Waals surface area (Å²) in [5, 5.41) is 3.00. The molecule has 1 aromatic heterocycles. The molecular weight excluding hydrogens is 361 g/mol. The van der Waals surface area contributed by atoms with Gasteiger partial charge in [0.1, 0.15) is 5.69 Å². The van der Waals surface area contributed by atoms with Gasteiger partial charge in [0.15, 0.2) is 11.5 Å². The van der Waals surface area contributed by atoms with Gasteiger partial charge in [0.05, 0.1) is 14.2 Å². The molecule has 1 atom stereocenters. The van der Waals surface area contributed by atoms with Crippen LogP contribution in [0.4, 0.5) is 19.1 Å². The average Bonchev–Trinajstić information content (AvgIpc) is 3.07. The first-order valence-electron chi connectivity index (χ1n) is 8.49. The number of nitrogens with one attached hydrogen (secondary N) is 1. The van der Waals surface area contributed by atoms with Gasteiger partial charge in [-0.3, -0.25) is 4.90 Å². The van der Waals surface area contributed by atoms with Crippen LogP contribution in [0.3, 0.4) is 0 Å². The molecule has 0 aliphatic carbocycles. The number of methoxy groups -OCH3 is 2. The molecule has 1 aromatic carbocycles. The van der Waals surface area contributed by atoms with Crippen LogP contribution in [-0.4, -0.2) is 48.2 Å². The van der Waals surface area contributed by atoms with Gasteiger partial charge in [0, 0.05) is 37.4 Å². The van der Waals surface area contributed by atoms with Crippen molar-refractivity contribution in [3.8, 4) is 11.5 Å². The first-order chi connectivity index (χ1) is 12.9. The molecule has 1 aliphatic heterocycles. The van der Waals surface area contributed by atoms with Crippen LogP contribution in [0.15, 0.2) is 30.5 Å². The zero-order chi connectivity index (χ0) is 19.4. The molecule has 0 bridgehead atoms. The van der Waals surface area contributed by atoms with Crippen molar-refractivity contribution in [1.29, 1.82) is 0 Å². The summed E-state index contributed by atoms with van der Waals surface area (Å²) >= 11 is 0. The summed E-state index contributed by atoms with van der Waals surface area (Å²) in [6.07, 6.45) is -2.58. The minimum Gasteiger partial charge on any atom is -0.493 e. The molecule has 0 amide bonds. The van der Waals surface area contributed by atoms with E-state index in [9.17, 15) is 13.2 Å². The number of rotatable bonds is 6. The zero-order valence-electron chi connectivity index (χ0n) is 15.1. The zero-order valence-corrected chi connectivity index (χ0v) is 15.1. The van der Waals surface area contributed by atoms with E-state index in [1.807, 2.05) is 18.2 Å². The Hall–Kier alpha value is -2.55. The topological polar surface area (TPSA) is 59.5 Å². The van der Waals surface area contributed by atoms with E-state index in [-0.39, 0.29) is 12.0 Å². The van der Waals surface area contributed by atoms with Crippen molar-refractivity contribution in [3.05, 3.63) is 41.7 Å². The van der Waals surface area contributed by atoms with Gasteiger partial charge in [0.2, 0.25) is 5.95 Å². The van der Waals surface area contributed by atoms with E-state index in [1.165, 1.54) is 0 Å². The monoisotopic (exact) mass is 382 g/mol. The quantitative estimate of drug-likeness (QED) is 0.828. The molecule has 1 unspecified atom stereocenters. The predicted molar refractivity (Wildman–Crippen MR) is 93.9 cm³/mol. The maximum absolute atomic E-state index is 12.8. The highest BCUT2D eigenvalue weighted by Crippen LogP contribution is 2.32. The smallest absolute Gasteiger partial charge is 0.433 e. The Kier molecular flexibility index (Phi) is 5.69. The van der Waals surface area contributed by atoms with E-state index < -0.39 is 11.9 Å². The third kappa shape index (κ3) is 4.60. The van der Waals surface area contributed by atoms with Crippen molar-refractivity contribution in [2.24, 2.45) is 0 Å². The molecule has 6 nitrogen and oxygen atoms in total. The molecule has 0 saturated carbocycles. The first kappa shape index (κ1) is 19.2. The number of anilines is 1. The molecule has 2 aromatic rings. The first-order valence-corrected chi connectivity index (χ1v) is 8.49. The van der Waals surface area contributed by atoms with Gasteiger partial charge in [-0.05, 0) is 18.6 Å². The Morgan fingerprint density at radius 2 is 2.04 bits per heavy atom. The molecule has 9 heteroatoms. The molecule has 2 heterocycles. The second kappa shape index (κ2) is 7.99. The molecule has 1 saturated heterocycles. The van der Waals surface area contributed by atoms with Crippen LogP contribution in [0.5, 0.6) is 11.5 Å². The lowest BCUT2D eigenvalue weighted by Crippen LogP contribution is -2.27. The Morgan fingerprint density at radius 1 is 1.22 bits per heavy atom. The van der Waals surface area contributed by atoms with Crippen molar-refractivity contribution in [3.63, 3.8) is 0 Å². The lowest BCUT2D eigenvalue weighted by molar-refractivity contribution is -0.141. The molecule has 27 heavy (non-hydrogen) atoms. The third-order valence-corrected chi connectivity index (χ3v) is 4.43. The summed E-state index contributed by atoms with van der Waals surface area (Å²) in [6.45, 7) is 2.12. The van der Waals surface area contributed by atoms with E-state index in [0.29, 0.717) is 24.6 Å². The van der Waals surface area contributed by atoms with E-state index in [2.05, 4.69) is 20.2 Å². The molecule has 0 radical (unpaired) electrons. The van der Waals surface area contributed by atoms with Crippen LogP contribution in [0.25, 0.3) is 0 Å². The number of nitrogens with zero attached hydrogens (tertiary/aromatic N) is 3. The van der Waals surface area contributed by atoms with Crippen LogP contribution in [0, 0.1) is 0 Å². The molecule has 1 fully saturated rings. The minimum atomic E-state index is -4.48. The summed E-state index contributed by atoms with van der Waals surface area (Å²) in [5.74, 6) is 1.36. The van der Waals surface area contributed by atoms with Crippen LogP contribution in [0.2, 0.25) is 0 Å². The SMILES string of the molecule is COc1cccc(CN2CCC(Nc3nccc(C(F)(F)F)n3)C2)c1OC. The molecular formula is C18H21F3N4O2. The summed E-state index contributed by atoms with van der Waals surface area (Å²) in [4.78, 5) is 9.66. The average molecular weight is 382 g/mol. The molecule has 3 rings (SSSR count). The Bertz CT molecular complexity index is 785. The van der Waals surface area contributed by atoms with E-state index in [1.54, 1.807) is 14.2 Å². The predicted octanol–water partition coefficient (Wildman–Crippen LogP) is 3.20. The Labute approximate surface area is 155 Å². The highest BCUT2D eigenvalue weighted by molar-refractivity contribution is 5.46. The van der Waals surface area contributed by atoms with Crippen LogP contribution >= 0.6 is 0 Å². The minimum absolute atomic E-state index is 0.00404. The van der Waals surface area contributed by atoms with Gasteiger partial charge < -0.3 is 14.8 Å². The highest BCUT2D eigenvalue weighted by atomic mass is 19.4. The normalized spacial score (nSPS) is 17.7. The summed E-state index contributed by atoms with van der Waals surface area (Å²) < 4.78 is 49.1. The Balaban J connectivity index is 1.63. The van der Waals surface area contributed by atoms with E-state index in [0.717, 1.165) is 30.8 Å². The van der Waals surface area contributed by atoms with Gasteiger partial charge in [-0.1, -0.05) is 12.1 Å². The molecule has 1 N–H and O–H groups in total. The number of benzene rings is 1. The van der Waals surface area contributed by atoms with Gasteiger partial charge in [-0.2, -0.15) is 13.2 Å². The fourth-order valence-electron chi connectivity index (χ4n) is 3.18. The second-order valence-corrected chi connectivity index (χ2v) is 6.28. The lowest BCUT2D eigenvalue weighted by Gasteiger charge is -2.19. The number of alkyl halides is 3. The van der Waals surface area contributed by atoms with Crippen molar-refractivity contribution < 1.29 is 22.6 Å². The van der Waals surface area contributed by atoms with E-state index >= 15 is 0 Å². The number of halogens is 3. The lowest BCUT2D eigenvalue weighted by atomic mass is 10.1. The maximum atomic E-state index is 12.8. The number of aromatic nitrogens is 2. The van der Waals surface area contributed by atoms with Crippen molar-refractivity contribution in [2.75, 3.05) is 32.6 Å². The number of ether oxygens (including phenoxy) is 2. The van der Waals surface area contributed by atoms with Gasteiger partial charge in [-0.15, -0.1) is 0 Å². The summed E-state index contributed by atoms with van der Waals surface area (Å²) in [6, 6.07) is 6.55. The van der Waals surface area contributed by atoms with Crippen LogP contribution in [0.1, 0.15) is 17.7 Å². The van der Waals surface area contributed by atoms with Gasteiger partial charge in [0.25, 0.3) is 0 Å². The van der Waals surface area contributed by atoms with Crippen molar-refractivity contribution in [2.45, 2.75) is 25.2 Å². The molecule has 1 aliphatic rings. The van der Waals surface area contributed by atoms with Crippen molar-refractivity contribution >= 4 is 5.95 Å². The molecule has 0 spiro atoms. The van der Waals surface area contributed by atoms with Crippen LogP contribution in [-0.2, 0) is 12.7 Å². The standard InChI is InChI=1S/C18H21F3N4O2/c1-26-14-5-3-4-12(16(14)27-2)10-25-9-7-13(11-25)23-17-22-8-6-15(24-17)18(19,20)21/h3-6,8,13H,7,9-11H2,1-2H3,(H,22,23,24). The van der Waals surface area contributed by atoms with Gasteiger partial charge >= 0.3 is 6.18 Å². The Morgan fingerprint density at radius 3 is 2.74 bits per heavy atom.